The molecule has 0 saturated heterocycles. The van der Waals surface area contributed by atoms with E-state index in [2.05, 4.69) is 0 Å². The Kier molecular flexibility index (Phi) is 3.02. The summed E-state index contributed by atoms with van der Waals surface area (Å²) in [5, 5.41) is 0.348. The van der Waals surface area contributed by atoms with E-state index in [1.54, 1.807) is 12.3 Å². The summed E-state index contributed by atoms with van der Waals surface area (Å²) >= 11 is 5.92. The van der Waals surface area contributed by atoms with E-state index in [9.17, 15) is 0 Å². The first kappa shape index (κ1) is 11.6. The van der Waals surface area contributed by atoms with Gasteiger partial charge in [-0.05, 0) is 48.2 Å². The molecule has 1 aromatic heterocycles. The molecule has 2 N–H and O–H groups in total. The molecule has 1 aliphatic carbocycles. The highest BCUT2D eigenvalue weighted by Gasteiger charge is 2.23. The van der Waals surface area contributed by atoms with Crippen molar-refractivity contribution in [3.8, 4) is 5.75 Å². The van der Waals surface area contributed by atoms with E-state index in [4.69, 9.17) is 26.5 Å². The third-order valence-electron chi connectivity index (χ3n) is 3.05. The molecule has 1 fully saturated rings. The fraction of sp³-hybridized carbons (Fsp3) is 0.286. The third-order valence-corrected chi connectivity index (χ3v) is 3.35. The van der Waals surface area contributed by atoms with E-state index in [1.807, 2.05) is 24.3 Å². The van der Waals surface area contributed by atoms with Gasteiger partial charge in [-0.2, -0.15) is 0 Å². The first-order valence-electron chi connectivity index (χ1n) is 5.99. The molecule has 0 spiro atoms. The van der Waals surface area contributed by atoms with E-state index in [-0.39, 0.29) is 6.04 Å². The molecule has 0 aliphatic heterocycles. The van der Waals surface area contributed by atoms with Crippen LogP contribution in [0.4, 0.5) is 0 Å². The number of rotatable bonds is 4. The Morgan fingerprint density at radius 1 is 1.22 bits per heavy atom. The van der Waals surface area contributed by atoms with Crippen LogP contribution in [0.15, 0.2) is 41.0 Å². The number of hydrogen-bond acceptors (Lipinski definition) is 3. The molecule has 1 aliphatic rings. The predicted molar refractivity (Wildman–Crippen MR) is 69.8 cm³/mol. The summed E-state index contributed by atoms with van der Waals surface area (Å²) in [7, 11) is 0. The molecule has 18 heavy (non-hydrogen) atoms. The summed E-state index contributed by atoms with van der Waals surface area (Å²) in [6, 6.07) is 9.34. The molecule has 1 atom stereocenters. The Labute approximate surface area is 110 Å². The van der Waals surface area contributed by atoms with Crippen LogP contribution >= 0.6 is 11.6 Å². The van der Waals surface area contributed by atoms with Gasteiger partial charge < -0.3 is 14.9 Å². The number of benzene rings is 1. The summed E-state index contributed by atoms with van der Waals surface area (Å²) in [5.74, 6) is 0.895. The van der Waals surface area contributed by atoms with Gasteiger partial charge in [0.1, 0.15) is 5.75 Å². The monoisotopic (exact) mass is 263 g/mol. The zero-order valence-corrected chi connectivity index (χ0v) is 10.6. The average Bonchev–Trinajstić information content (AvgIpc) is 3.09. The minimum Gasteiger partial charge on any atom is -0.490 e. The van der Waals surface area contributed by atoms with Crippen molar-refractivity contribution in [3.05, 3.63) is 52.9 Å². The van der Waals surface area contributed by atoms with E-state index in [0.29, 0.717) is 11.3 Å². The Balaban J connectivity index is 1.77. The van der Waals surface area contributed by atoms with Crippen LogP contribution in [0.25, 0.3) is 0 Å². The molecule has 1 saturated carbocycles. The maximum Gasteiger partial charge on any atom is 0.198 e. The molecule has 1 aromatic carbocycles. The van der Waals surface area contributed by atoms with Crippen LogP contribution in [0.3, 0.4) is 0 Å². The van der Waals surface area contributed by atoms with Gasteiger partial charge in [0, 0.05) is 5.56 Å². The molecule has 0 bridgehead atoms. The maximum absolute atomic E-state index is 6.14. The van der Waals surface area contributed by atoms with Crippen LogP contribution in [-0.2, 0) is 0 Å². The lowest BCUT2D eigenvalue weighted by Gasteiger charge is -2.11. The van der Waals surface area contributed by atoms with Crippen molar-refractivity contribution >= 4 is 11.6 Å². The average molecular weight is 264 g/mol. The fourth-order valence-electron chi connectivity index (χ4n) is 1.84. The molecular formula is C14H14ClNO2. The highest BCUT2D eigenvalue weighted by Crippen LogP contribution is 2.30. The van der Waals surface area contributed by atoms with Crippen molar-refractivity contribution in [2.75, 3.05) is 0 Å². The van der Waals surface area contributed by atoms with Gasteiger partial charge in [-0.25, -0.2) is 0 Å². The smallest absolute Gasteiger partial charge is 0.198 e. The molecule has 4 heteroatoms. The molecule has 1 heterocycles. The molecular weight excluding hydrogens is 250 g/mol. The molecule has 94 valence electrons. The normalized spacial score (nSPS) is 16.6. The summed E-state index contributed by atoms with van der Waals surface area (Å²) < 4.78 is 10.7. The lowest BCUT2D eigenvalue weighted by Crippen LogP contribution is -2.11. The highest BCUT2D eigenvalue weighted by molar-refractivity contribution is 6.29. The molecule has 0 amide bonds. The van der Waals surface area contributed by atoms with Crippen LogP contribution in [0, 0.1) is 0 Å². The third kappa shape index (κ3) is 2.37. The van der Waals surface area contributed by atoms with Gasteiger partial charge in [0.05, 0.1) is 18.4 Å². The van der Waals surface area contributed by atoms with Gasteiger partial charge in [0.2, 0.25) is 0 Å². The van der Waals surface area contributed by atoms with Crippen LogP contribution in [0.2, 0.25) is 5.22 Å². The van der Waals surface area contributed by atoms with Crippen LogP contribution in [0.1, 0.15) is 30.0 Å². The number of hydrogen-bond donors (Lipinski definition) is 1. The summed E-state index contributed by atoms with van der Waals surface area (Å²) in [5.41, 5.74) is 7.93. The lowest BCUT2D eigenvalue weighted by atomic mass is 10.0. The van der Waals surface area contributed by atoms with E-state index < -0.39 is 0 Å². The van der Waals surface area contributed by atoms with Crippen molar-refractivity contribution in [1.82, 2.24) is 0 Å². The van der Waals surface area contributed by atoms with Crippen molar-refractivity contribution in [2.45, 2.75) is 25.0 Å². The van der Waals surface area contributed by atoms with Gasteiger partial charge in [-0.15, -0.1) is 0 Å². The first-order valence-corrected chi connectivity index (χ1v) is 6.37. The Hall–Kier alpha value is -1.45. The van der Waals surface area contributed by atoms with Crippen molar-refractivity contribution in [2.24, 2.45) is 5.73 Å². The summed E-state index contributed by atoms with van der Waals surface area (Å²) in [6.45, 7) is 0. The van der Waals surface area contributed by atoms with Crippen LogP contribution in [-0.4, -0.2) is 6.10 Å². The fourth-order valence-corrected chi connectivity index (χ4v) is 2.07. The first-order chi connectivity index (χ1) is 8.74. The van der Waals surface area contributed by atoms with E-state index in [0.717, 1.165) is 29.7 Å². The number of ether oxygens (including phenoxy) is 1. The van der Waals surface area contributed by atoms with E-state index >= 15 is 0 Å². The Bertz CT molecular complexity index is 531. The zero-order chi connectivity index (χ0) is 12.5. The topological polar surface area (TPSA) is 48.4 Å². The second-order valence-electron chi connectivity index (χ2n) is 4.51. The number of nitrogens with two attached hydrogens (primary N) is 1. The highest BCUT2D eigenvalue weighted by atomic mass is 35.5. The molecule has 0 radical (unpaired) electrons. The summed E-state index contributed by atoms with van der Waals surface area (Å²) in [6.07, 6.45) is 4.27. The quantitative estimate of drug-likeness (QED) is 0.918. The van der Waals surface area contributed by atoms with Gasteiger partial charge >= 0.3 is 0 Å². The van der Waals surface area contributed by atoms with Crippen LogP contribution in [0.5, 0.6) is 5.75 Å². The van der Waals surface area contributed by atoms with Crippen molar-refractivity contribution < 1.29 is 9.15 Å². The standard InChI is InChI=1S/C14H14ClNO2/c15-14-12(7-8-17-14)13(16)9-1-3-10(4-2-9)18-11-5-6-11/h1-4,7-8,11,13H,5-6,16H2. The lowest BCUT2D eigenvalue weighted by molar-refractivity contribution is 0.303. The Morgan fingerprint density at radius 3 is 2.50 bits per heavy atom. The minimum absolute atomic E-state index is 0.272. The maximum atomic E-state index is 6.14. The van der Waals surface area contributed by atoms with Gasteiger partial charge in [0.15, 0.2) is 5.22 Å². The van der Waals surface area contributed by atoms with Crippen molar-refractivity contribution in [1.29, 1.82) is 0 Å². The largest absolute Gasteiger partial charge is 0.490 e. The van der Waals surface area contributed by atoms with E-state index in [1.165, 1.54) is 0 Å². The van der Waals surface area contributed by atoms with Gasteiger partial charge in [-0.1, -0.05) is 12.1 Å². The SMILES string of the molecule is NC(c1ccc(OC2CC2)cc1)c1ccoc1Cl. The second kappa shape index (κ2) is 4.67. The minimum atomic E-state index is -0.272. The molecule has 2 aromatic rings. The van der Waals surface area contributed by atoms with Gasteiger partial charge in [-0.3, -0.25) is 0 Å². The second-order valence-corrected chi connectivity index (χ2v) is 4.86. The summed E-state index contributed by atoms with van der Waals surface area (Å²) in [4.78, 5) is 0. The molecule has 3 nitrogen and oxygen atoms in total. The predicted octanol–water partition coefficient (Wildman–Crippen LogP) is 3.52. The number of halogens is 1. The molecule has 3 rings (SSSR count). The Morgan fingerprint density at radius 2 is 1.94 bits per heavy atom. The molecule has 1 unspecified atom stereocenters. The zero-order valence-electron chi connectivity index (χ0n) is 9.80. The van der Waals surface area contributed by atoms with Crippen molar-refractivity contribution in [3.63, 3.8) is 0 Å². The number of furan rings is 1. The van der Waals surface area contributed by atoms with Gasteiger partial charge in [0.25, 0.3) is 0 Å². The van der Waals surface area contributed by atoms with Crippen LogP contribution < -0.4 is 10.5 Å².